The molecule has 5 nitrogen and oxygen atoms in total. The molecule has 1 aromatic rings. The average molecular weight is 263 g/mol. The molecule has 1 amide bonds. The number of amides is 1. The Labute approximate surface area is 111 Å². The first-order valence-corrected chi connectivity index (χ1v) is 6.27. The van der Waals surface area contributed by atoms with Crippen molar-refractivity contribution in [2.75, 3.05) is 20.2 Å². The van der Waals surface area contributed by atoms with Gasteiger partial charge in [-0.25, -0.2) is 4.79 Å². The number of carboxylic acids is 1. The fourth-order valence-corrected chi connectivity index (χ4v) is 2.26. The molecule has 0 aromatic heterocycles. The number of piperidine rings is 1. The molecule has 0 radical (unpaired) electrons. The highest BCUT2D eigenvalue weighted by atomic mass is 16.5. The van der Waals surface area contributed by atoms with Gasteiger partial charge in [0.2, 0.25) is 0 Å². The van der Waals surface area contributed by atoms with E-state index < -0.39 is 5.97 Å². The number of ether oxygens (including phenoxy) is 1. The quantitative estimate of drug-likeness (QED) is 0.900. The Morgan fingerprint density at radius 1 is 1.26 bits per heavy atom. The molecule has 2 rings (SSSR count). The van der Waals surface area contributed by atoms with Crippen LogP contribution in [0.2, 0.25) is 0 Å². The Balaban J connectivity index is 2.08. The lowest BCUT2D eigenvalue weighted by atomic mass is 10.1. The topological polar surface area (TPSA) is 66.8 Å². The number of methoxy groups -OCH3 is 1. The Hall–Kier alpha value is -1.88. The van der Waals surface area contributed by atoms with Crippen LogP contribution in [0.4, 0.5) is 0 Å². The minimum atomic E-state index is -1.02. The predicted molar refractivity (Wildman–Crippen MR) is 69.3 cm³/mol. The first kappa shape index (κ1) is 13.5. The van der Waals surface area contributed by atoms with Crippen LogP contribution in [0.1, 0.15) is 33.6 Å². The maximum Gasteiger partial charge on any atom is 0.335 e. The van der Waals surface area contributed by atoms with Crippen LogP contribution in [0.5, 0.6) is 0 Å². The molecule has 19 heavy (non-hydrogen) atoms. The summed E-state index contributed by atoms with van der Waals surface area (Å²) in [6, 6.07) is 6.15. The summed E-state index contributed by atoms with van der Waals surface area (Å²) in [5.74, 6) is -1.13. The molecular weight excluding hydrogens is 246 g/mol. The molecule has 1 N–H and O–H groups in total. The molecule has 1 saturated heterocycles. The molecule has 0 saturated carbocycles. The van der Waals surface area contributed by atoms with E-state index in [9.17, 15) is 9.59 Å². The van der Waals surface area contributed by atoms with Gasteiger partial charge in [0.15, 0.2) is 0 Å². The van der Waals surface area contributed by atoms with Crippen LogP contribution >= 0.6 is 0 Å². The SMILES string of the molecule is COC1CCN(C(=O)c2cccc(C(=O)O)c2)CC1. The van der Waals surface area contributed by atoms with Crippen LogP contribution in [-0.2, 0) is 4.74 Å². The zero-order valence-electron chi connectivity index (χ0n) is 10.8. The number of hydrogen-bond donors (Lipinski definition) is 1. The largest absolute Gasteiger partial charge is 0.478 e. The minimum Gasteiger partial charge on any atom is -0.478 e. The van der Waals surface area contributed by atoms with Gasteiger partial charge in [0, 0.05) is 25.8 Å². The molecule has 5 heteroatoms. The number of nitrogens with zero attached hydrogens (tertiary/aromatic N) is 1. The van der Waals surface area contributed by atoms with Crippen LogP contribution in [-0.4, -0.2) is 48.2 Å². The maximum atomic E-state index is 12.3. The van der Waals surface area contributed by atoms with Gasteiger partial charge in [0.25, 0.3) is 5.91 Å². The summed E-state index contributed by atoms with van der Waals surface area (Å²) >= 11 is 0. The Morgan fingerprint density at radius 2 is 1.89 bits per heavy atom. The number of hydrogen-bond acceptors (Lipinski definition) is 3. The van der Waals surface area contributed by atoms with Crippen molar-refractivity contribution in [2.45, 2.75) is 18.9 Å². The molecule has 0 spiro atoms. The van der Waals surface area contributed by atoms with E-state index in [1.807, 2.05) is 0 Å². The third-order valence-corrected chi connectivity index (χ3v) is 3.42. The standard InChI is InChI=1S/C14H17NO4/c1-19-12-5-7-15(8-6-12)13(16)10-3-2-4-11(9-10)14(17)18/h2-4,9,12H,5-8H2,1H3,(H,17,18). The van der Waals surface area contributed by atoms with Crippen molar-refractivity contribution in [1.29, 1.82) is 0 Å². The highest BCUT2D eigenvalue weighted by Gasteiger charge is 2.23. The molecular formula is C14H17NO4. The van der Waals surface area contributed by atoms with Crippen LogP contribution < -0.4 is 0 Å². The van der Waals surface area contributed by atoms with Gasteiger partial charge in [-0.3, -0.25) is 4.79 Å². The van der Waals surface area contributed by atoms with E-state index in [1.165, 1.54) is 12.1 Å². The van der Waals surface area contributed by atoms with E-state index in [0.29, 0.717) is 18.7 Å². The van der Waals surface area contributed by atoms with Gasteiger partial charge >= 0.3 is 5.97 Å². The van der Waals surface area contributed by atoms with Gasteiger partial charge in [-0.05, 0) is 31.0 Å². The van der Waals surface area contributed by atoms with Crippen molar-refractivity contribution in [3.05, 3.63) is 35.4 Å². The van der Waals surface area contributed by atoms with E-state index in [0.717, 1.165) is 12.8 Å². The van der Waals surface area contributed by atoms with E-state index in [-0.39, 0.29) is 17.6 Å². The molecule has 1 fully saturated rings. The second-order valence-electron chi connectivity index (χ2n) is 4.61. The second kappa shape index (κ2) is 5.84. The van der Waals surface area contributed by atoms with E-state index in [2.05, 4.69) is 0 Å². The molecule has 1 aliphatic rings. The molecule has 0 aliphatic carbocycles. The van der Waals surface area contributed by atoms with Gasteiger partial charge in [0.1, 0.15) is 0 Å². The van der Waals surface area contributed by atoms with Gasteiger partial charge in [-0.1, -0.05) is 6.07 Å². The van der Waals surface area contributed by atoms with E-state index in [4.69, 9.17) is 9.84 Å². The van der Waals surface area contributed by atoms with Crippen LogP contribution in [0, 0.1) is 0 Å². The van der Waals surface area contributed by atoms with Gasteiger partial charge in [-0.2, -0.15) is 0 Å². The zero-order chi connectivity index (χ0) is 13.8. The first-order valence-electron chi connectivity index (χ1n) is 6.27. The first-order chi connectivity index (χ1) is 9.11. The summed E-state index contributed by atoms with van der Waals surface area (Å²) in [5, 5.41) is 8.93. The van der Waals surface area contributed by atoms with Crippen molar-refractivity contribution >= 4 is 11.9 Å². The molecule has 0 atom stereocenters. The van der Waals surface area contributed by atoms with Crippen molar-refractivity contribution in [3.63, 3.8) is 0 Å². The van der Waals surface area contributed by atoms with E-state index >= 15 is 0 Å². The Morgan fingerprint density at radius 3 is 2.47 bits per heavy atom. The third-order valence-electron chi connectivity index (χ3n) is 3.42. The number of carboxylic acid groups (broad SMARTS) is 1. The van der Waals surface area contributed by atoms with E-state index in [1.54, 1.807) is 24.1 Å². The minimum absolute atomic E-state index is 0.113. The Bertz CT molecular complexity index is 478. The van der Waals surface area contributed by atoms with Gasteiger partial charge in [0.05, 0.1) is 11.7 Å². The molecule has 0 bridgehead atoms. The lowest BCUT2D eigenvalue weighted by Gasteiger charge is -2.31. The highest BCUT2D eigenvalue weighted by molar-refractivity contribution is 5.97. The summed E-state index contributed by atoms with van der Waals surface area (Å²) in [4.78, 5) is 24.9. The molecule has 1 heterocycles. The van der Waals surface area contributed by atoms with Gasteiger partial charge in [-0.15, -0.1) is 0 Å². The lowest BCUT2D eigenvalue weighted by Crippen LogP contribution is -2.40. The maximum absolute atomic E-state index is 12.3. The van der Waals surface area contributed by atoms with Crippen LogP contribution in [0.15, 0.2) is 24.3 Å². The number of likely N-dealkylation sites (tertiary alicyclic amines) is 1. The zero-order valence-corrected chi connectivity index (χ0v) is 10.8. The molecule has 1 aliphatic heterocycles. The van der Waals surface area contributed by atoms with Crippen LogP contribution in [0.3, 0.4) is 0 Å². The van der Waals surface area contributed by atoms with Crippen molar-refractivity contribution in [1.82, 2.24) is 4.90 Å². The number of rotatable bonds is 3. The van der Waals surface area contributed by atoms with Crippen molar-refractivity contribution in [2.24, 2.45) is 0 Å². The number of carbonyl (C=O) groups excluding carboxylic acids is 1. The Kier molecular flexibility index (Phi) is 4.16. The number of benzene rings is 1. The summed E-state index contributed by atoms with van der Waals surface area (Å²) in [5.41, 5.74) is 0.563. The van der Waals surface area contributed by atoms with Gasteiger partial charge < -0.3 is 14.7 Å². The average Bonchev–Trinajstić information content (AvgIpc) is 2.46. The number of carbonyl (C=O) groups is 2. The normalized spacial score (nSPS) is 16.4. The molecule has 1 aromatic carbocycles. The van der Waals surface area contributed by atoms with Crippen molar-refractivity contribution in [3.8, 4) is 0 Å². The molecule has 0 unspecified atom stereocenters. The predicted octanol–water partition coefficient (Wildman–Crippen LogP) is 1.64. The monoisotopic (exact) mass is 263 g/mol. The smallest absolute Gasteiger partial charge is 0.335 e. The summed E-state index contributed by atoms with van der Waals surface area (Å²) in [6.45, 7) is 1.29. The van der Waals surface area contributed by atoms with Crippen molar-refractivity contribution < 1.29 is 19.4 Å². The summed E-state index contributed by atoms with van der Waals surface area (Å²) in [7, 11) is 1.68. The lowest BCUT2D eigenvalue weighted by molar-refractivity contribution is 0.0351. The summed E-state index contributed by atoms with van der Waals surface area (Å²) in [6.07, 6.45) is 1.86. The third kappa shape index (κ3) is 3.12. The fourth-order valence-electron chi connectivity index (χ4n) is 2.26. The summed E-state index contributed by atoms with van der Waals surface area (Å²) < 4.78 is 5.26. The second-order valence-corrected chi connectivity index (χ2v) is 4.61. The highest BCUT2D eigenvalue weighted by Crippen LogP contribution is 2.16. The molecule has 102 valence electrons. The van der Waals surface area contributed by atoms with Crippen LogP contribution in [0.25, 0.3) is 0 Å². The number of aromatic carboxylic acids is 1. The fraction of sp³-hybridized carbons (Fsp3) is 0.429.